The molecule has 0 spiro atoms. The lowest BCUT2D eigenvalue weighted by molar-refractivity contribution is 0.0436. The minimum Gasteiger partial charge on any atom is -0.393 e. The Hall–Kier alpha value is -0.0900. The predicted molar refractivity (Wildman–Crippen MR) is 86.1 cm³/mol. The maximum absolute atomic E-state index is 10.1. The second-order valence-electron chi connectivity index (χ2n) is 6.12. The van der Waals surface area contributed by atoms with Gasteiger partial charge in [0, 0.05) is 29.1 Å². The molecule has 2 unspecified atom stereocenters. The van der Waals surface area contributed by atoms with Gasteiger partial charge < -0.3 is 5.11 Å². The molecule has 20 heavy (non-hydrogen) atoms. The summed E-state index contributed by atoms with van der Waals surface area (Å²) in [5.41, 5.74) is 2.64. The molecule has 1 N–H and O–H groups in total. The van der Waals surface area contributed by atoms with Crippen molar-refractivity contribution in [2.75, 3.05) is 13.1 Å². The van der Waals surface area contributed by atoms with Crippen LogP contribution in [-0.2, 0) is 13.0 Å². The van der Waals surface area contributed by atoms with Crippen molar-refractivity contribution in [1.82, 2.24) is 4.90 Å². The summed E-state index contributed by atoms with van der Waals surface area (Å²) in [6, 6.07) is 4.17. The SMILES string of the molecule is OC1CCCCC1CN1CCc2c(Cl)cc(Br)cc2C1. The van der Waals surface area contributed by atoms with E-state index in [0.29, 0.717) is 5.92 Å². The lowest BCUT2D eigenvalue weighted by atomic mass is 9.85. The summed E-state index contributed by atoms with van der Waals surface area (Å²) >= 11 is 9.85. The summed E-state index contributed by atoms with van der Waals surface area (Å²) in [6.45, 7) is 3.03. The quantitative estimate of drug-likeness (QED) is 0.863. The molecule has 1 aliphatic heterocycles. The molecule has 1 aromatic rings. The molecule has 0 aromatic heterocycles. The number of hydrogen-bond donors (Lipinski definition) is 1. The summed E-state index contributed by atoms with van der Waals surface area (Å²) in [4.78, 5) is 2.48. The van der Waals surface area contributed by atoms with Gasteiger partial charge in [0.2, 0.25) is 0 Å². The fourth-order valence-electron chi connectivity index (χ4n) is 3.56. The third-order valence-corrected chi connectivity index (χ3v) is 5.48. The highest BCUT2D eigenvalue weighted by Gasteiger charge is 2.27. The van der Waals surface area contributed by atoms with E-state index in [0.717, 1.165) is 42.0 Å². The molecular weight excluding hydrogens is 338 g/mol. The minimum absolute atomic E-state index is 0.101. The van der Waals surface area contributed by atoms with Crippen LogP contribution in [0.25, 0.3) is 0 Å². The van der Waals surface area contributed by atoms with Crippen molar-refractivity contribution < 1.29 is 5.11 Å². The Morgan fingerprint density at radius 2 is 2.10 bits per heavy atom. The number of aliphatic hydroxyl groups is 1. The second-order valence-corrected chi connectivity index (χ2v) is 7.45. The summed E-state index contributed by atoms with van der Waals surface area (Å²) in [5, 5.41) is 11.0. The Kier molecular flexibility index (Phi) is 4.71. The van der Waals surface area contributed by atoms with E-state index in [2.05, 4.69) is 26.9 Å². The van der Waals surface area contributed by atoms with E-state index >= 15 is 0 Å². The fourth-order valence-corrected chi connectivity index (χ4v) is 4.53. The van der Waals surface area contributed by atoms with Crippen LogP contribution in [0.1, 0.15) is 36.8 Å². The average molecular weight is 359 g/mol. The molecule has 0 saturated heterocycles. The van der Waals surface area contributed by atoms with Crippen LogP contribution in [0.2, 0.25) is 5.02 Å². The molecule has 0 amide bonds. The summed E-state index contributed by atoms with van der Waals surface area (Å²) in [6.07, 6.45) is 5.52. The van der Waals surface area contributed by atoms with E-state index in [-0.39, 0.29) is 6.10 Å². The van der Waals surface area contributed by atoms with Crippen LogP contribution in [0, 0.1) is 5.92 Å². The van der Waals surface area contributed by atoms with Gasteiger partial charge in [-0.1, -0.05) is 40.4 Å². The zero-order valence-corrected chi connectivity index (χ0v) is 14.0. The van der Waals surface area contributed by atoms with Gasteiger partial charge in [0.15, 0.2) is 0 Å². The van der Waals surface area contributed by atoms with E-state index in [9.17, 15) is 5.11 Å². The van der Waals surface area contributed by atoms with Gasteiger partial charge in [-0.3, -0.25) is 4.90 Å². The summed E-state index contributed by atoms with van der Waals surface area (Å²) in [7, 11) is 0. The molecule has 0 radical (unpaired) electrons. The van der Waals surface area contributed by atoms with E-state index in [1.807, 2.05) is 6.07 Å². The standard InChI is InChI=1S/C16H21BrClNO/c17-13-7-12-10-19(6-5-14(12)15(18)8-13)9-11-3-1-2-4-16(11)20/h7-8,11,16,20H,1-6,9-10H2. The van der Waals surface area contributed by atoms with Crippen molar-refractivity contribution in [2.45, 2.75) is 44.8 Å². The first kappa shape index (κ1) is 14.8. The van der Waals surface area contributed by atoms with Gasteiger partial charge in [0.25, 0.3) is 0 Å². The number of hydrogen-bond acceptors (Lipinski definition) is 2. The Morgan fingerprint density at radius 1 is 1.30 bits per heavy atom. The van der Waals surface area contributed by atoms with Gasteiger partial charge in [-0.05, 0) is 48.4 Å². The molecule has 1 aliphatic carbocycles. The topological polar surface area (TPSA) is 23.5 Å². The van der Waals surface area contributed by atoms with Crippen LogP contribution >= 0.6 is 27.5 Å². The monoisotopic (exact) mass is 357 g/mol. The molecular formula is C16H21BrClNO. The maximum Gasteiger partial charge on any atom is 0.0580 e. The Morgan fingerprint density at radius 3 is 2.90 bits per heavy atom. The van der Waals surface area contributed by atoms with Crippen molar-refractivity contribution in [2.24, 2.45) is 5.92 Å². The van der Waals surface area contributed by atoms with Crippen LogP contribution in [0.5, 0.6) is 0 Å². The maximum atomic E-state index is 10.1. The zero-order chi connectivity index (χ0) is 14.1. The average Bonchev–Trinajstić information content (AvgIpc) is 2.41. The molecule has 110 valence electrons. The summed E-state index contributed by atoms with van der Waals surface area (Å²) in [5.74, 6) is 0.452. The zero-order valence-electron chi connectivity index (χ0n) is 11.6. The molecule has 4 heteroatoms. The highest BCUT2D eigenvalue weighted by atomic mass is 79.9. The molecule has 3 rings (SSSR count). The predicted octanol–water partition coefficient (Wildman–Crippen LogP) is 4.01. The largest absolute Gasteiger partial charge is 0.393 e. The van der Waals surface area contributed by atoms with E-state index in [1.54, 1.807) is 0 Å². The van der Waals surface area contributed by atoms with Crippen LogP contribution in [0.15, 0.2) is 16.6 Å². The first-order valence-electron chi connectivity index (χ1n) is 7.50. The van der Waals surface area contributed by atoms with Crippen molar-refractivity contribution in [3.63, 3.8) is 0 Å². The highest BCUT2D eigenvalue weighted by molar-refractivity contribution is 9.10. The van der Waals surface area contributed by atoms with Crippen LogP contribution in [-0.4, -0.2) is 29.2 Å². The molecule has 1 fully saturated rings. The van der Waals surface area contributed by atoms with Crippen LogP contribution in [0.3, 0.4) is 0 Å². The second kappa shape index (κ2) is 6.35. The van der Waals surface area contributed by atoms with Crippen molar-refractivity contribution in [1.29, 1.82) is 0 Å². The van der Waals surface area contributed by atoms with Crippen molar-refractivity contribution >= 4 is 27.5 Å². The van der Waals surface area contributed by atoms with Gasteiger partial charge in [-0.25, -0.2) is 0 Å². The summed E-state index contributed by atoms with van der Waals surface area (Å²) < 4.78 is 1.06. The molecule has 2 atom stereocenters. The highest BCUT2D eigenvalue weighted by Crippen LogP contribution is 2.32. The van der Waals surface area contributed by atoms with Crippen molar-refractivity contribution in [3.8, 4) is 0 Å². The van der Waals surface area contributed by atoms with E-state index in [4.69, 9.17) is 11.6 Å². The minimum atomic E-state index is -0.101. The molecule has 1 heterocycles. The molecule has 1 aromatic carbocycles. The third kappa shape index (κ3) is 3.22. The number of nitrogens with zero attached hydrogens (tertiary/aromatic N) is 1. The Labute approximate surface area is 134 Å². The van der Waals surface area contributed by atoms with E-state index in [1.165, 1.54) is 30.4 Å². The molecule has 1 saturated carbocycles. The van der Waals surface area contributed by atoms with Gasteiger partial charge in [0.1, 0.15) is 0 Å². The number of benzene rings is 1. The molecule has 2 nitrogen and oxygen atoms in total. The Bertz CT molecular complexity index is 494. The molecule has 0 bridgehead atoms. The Balaban J connectivity index is 1.69. The number of aliphatic hydroxyl groups excluding tert-OH is 1. The first-order valence-corrected chi connectivity index (χ1v) is 8.68. The third-order valence-electron chi connectivity index (χ3n) is 4.69. The fraction of sp³-hybridized carbons (Fsp3) is 0.625. The smallest absolute Gasteiger partial charge is 0.0580 e. The van der Waals surface area contributed by atoms with Crippen LogP contribution in [0.4, 0.5) is 0 Å². The normalized spacial score (nSPS) is 27.4. The van der Waals surface area contributed by atoms with Gasteiger partial charge in [-0.2, -0.15) is 0 Å². The number of rotatable bonds is 2. The lowest BCUT2D eigenvalue weighted by Gasteiger charge is -2.35. The molecule has 2 aliphatic rings. The lowest BCUT2D eigenvalue weighted by Crippen LogP contribution is -2.39. The number of fused-ring (bicyclic) bond motifs is 1. The first-order chi connectivity index (χ1) is 9.63. The van der Waals surface area contributed by atoms with E-state index < -0.39 is 0 Å². The van der Waals surface area contributed by atoms with Gasteiger partial charge in [0.05, 0.1) is 6.10 Å². The van der Waals surface area contributed by atoms with Gasteiger partial charge >= 0.3 is 0 Å². The van der Waals surface area contributed by atoms with Crippen molar-refractivity contribution in [3.05, 3.63) is 32.8 Å². The van der Waals surface area contributed by atoms with Crippen LogP contribution < -0.4 is 0 Å². The number of halogens is 2. The van der Waals surface area contributed by atoms with Gasteiger partial charge in [-0.15, -0.1) is 0 Å².